The maximum absolute atomic E-state index is 12.8. The van der Waals surface area contributed by atoms with Crippen LogP contribution in [0.25, 0.3) is 0 Å². The number of hydrogen-bond acceptors (Lipinski definition) is 5. The third-order valence-electron chi connectivity index (χ3n) is 5.31. The van der Waals surface area contributed by atoms with E-state index in [0.717, 1.165) is 30.6 Å². The molecular weight excluding hydrogens is 406 g/mol. The number of rotatable bonds is 8. The number of aromatic nitrogens is 3. The Hall–Kier alpha value is -3.23. The van der Waals surface area contributed by atoms with Gasteiger partial charge in [-0.25, -0.2) is 9.78 Å². The molecule has 2 aromatic carbocycles. The summed E-state index contributed by atoms with van der Waals surface area (Å²) in [6.07, 6.45) is 3.56. The molecule has 1 saturated heterocycles. The van der Waals surface area contributed by atoms with Crippen LogP contribution in [-0.4, -0.2) is 40.5 Å². The summed E-state index contributed by atoms with van der Waals surface area (Å²) in [5, 5.41) is 12.9. The summed E-state index contributed by atoms with van der Waals surface area (Å²) < 4.78 is 11.5. The van der Waals surface area contributed by atoms with E-state index in [2.05, 4.69) is 25.8 Å². The van der Waals surface area contributed by atoms with Crippen molar-refractivity contribution in [1.82, 2.24) is 20.5 Å². The van der Waals surface area contributed by atoms with Crippen molar-refractivity contribution in [2.75, 3.05) is 18.5 Å². The highest BCUT2D eigenvalue weighted by Gasteiger charge is 2.21. The van der Waals surface area contributed by atoms with Gasteiger partial charge in [0.25, 0.3) is 0 Å². The number of aromatic amines is 1. The van der Waals surface area contributed by atoms with Crippen LogP contribution in [0.2, 0.25) is 0 Å². The lowest BCUT2D eigenvalue weighted by molar-refractivity contribution is -0.0447. The number of urea groups is 1. The predicted octanol–water partition coefficient (Wildman–Crippen LogP) is 4.11. The summed E-state index contributed by atoms with van der Waals surface area (Å²) in [6, 6.07) is 16.5. The molecule has 0 saturated carbocycles. The molecule has 2 heterocycles. The summed E-state index contributed by atoms with van der Waals surface area (Å²) in [5.74, 6) is 1.20. The molecule has 3 N–H and O–H groups in total. The van der Waals surface area contributed by atoms with Gasteiger partial charge in [0.2, 0.25) is 0 Å². The summed E-state index contributed by atoms with van der Waals surface area (Å²) in [6.45, 7) is 3.71. The van der Waals surface area contributed by atoms with Gasteiger partial charge < -0.3 is 20.1 Å². The van der Waals surface area contributed by atoms with Gasteiger partial charge in [0.1, 0.15) is 11.9 Å². The first-order chi connectivity index (χ1) is 15.7. The second-order valence-corrected chi connectivity index (χ2v) is 7.93. The molecule has 0 radical (unpaired) electrons. The fraction of sp³-hybridized carbons (Fsp3) is 0.375. The van der Waals surface area contributed by atoms with Crippen molar-refractivity contribution in [3.05, 3.63) is 77.4 Å². The Labute approximate surface area is 187 Å². The topological polar surface area (TPSA) is 101 Å². The predicted molar refractivity (Wildman–Crippen MR) is 121 cm³/mol. The zero-order chi connectivity index (χ0) is 22.2. The number of carbonyl (C=O) groups excluding carboxylic acids is 1. The Morgan fingerprint density at radius 1 is 1.22 bits per heavy atom. The van der Waals surface area contributed by atoms with Crippen LogP contribution in [0.4, 0.5) is 10.5 Å². The number of anilines is 1. The lowest BCUT2D eigenvalue weighted by Crippen LogP contribution is -2.33. The van der Waals surface area contributed by atoms with Crippen LogP contribution >= 0.6 is 0 Å². The first kappa shape index (κ1) is 22.0. The minimum absolute atomic E-state index is 0.185. The SMILES string of the molecule is Cc1nc(C(NC(=O)Nc2cccc(COCC3CCCCO3)c2)c2ccccc2)n[nH]1. The molecule has 8 heteroatoms. The number of amides is 2. The molecule has 3 aromatic rings. The quantitative estimate of drug-likeness (QED) is 0.494. The molecule has 2 atom stereocenters. The fourth-order valence-corrected chi connectivity index (χ4v) is 3.72. The summed E-state index contributed by atoms with van der Waals surface area (Å²) in [5.41, 5.74) is 2.58. The van der Waals surface area contributed by atoms with E-state index in [9.17, 15) is 4.79 Å². The smallest absolute Gasteiger partial charge is 0.320 e. The Balaban J connectivity index is 1.35. The Bertz CT molecular complexity index is 1000. The summed E-state index contributed by atoms with van der Waals surface area (Å²) in [4.78, 5) is 17.2. The lowest BCUT2D eigenvalue weighted by Gasteiger charge is -2.22. The highest BCUT2D eigenvalue weighted by molar-refractivity contribution is 5.89. The van der Waals surface area contributed by atoms with Gasteiger partial charge in [0, 0.05) is 12.3 Å². The van der Waals surface area contributed by atoms with E-state index in [0.29, 0.717) is 30.5 Å². The van der Waals surface area contributed by atoms with Gasteiger partial charge in [0.05, 0.1) is 19.3 Å². The second kappa shape index (κ2) is 10.9. The molecule has 2 unspecified atom stereocenters. The number of carbonyl (C=O) groups is 1. The number of ether oxygens (including phenoxy) is 2. The number of nitrogens with zero attached hydrogens (tertiary/aromatic N) is 2. The van der Waals surface area contributed by atoms with E-state index in [4.69, 9.17) is 9.47 Å². The van der Waals surface area contributed by atoms with Crippen molar-refractivity contribution in [3.63, 3.8) is 0 Å². The van der Waals surface area contributed by atoms with Crippen molar-refractivity contribution in [2.24, 2.45) is 0 Å². The molecule has 0 bridgehead atoms. The number of aryl methyl sites for hydroxylation is 1. The third kappa shape index (κ3) is 6.15. The maximum Gasteiger partial charge on any atom is 0.320 e. The van der Waals surface area contributed by atoms with E-state index >= 15 is 0 Å². The zero-order valence-corrected chi connectivity index (χ0v) is 18.2. The van der Waals surface area contributed by atoms with Gasteiger partial charge in [0.15, 0.2) is 5.82 Å². The van der Waals surface area contributed by atoms with E-state index in [1.807, 2.05) is 61.5 Å². The Morgan fingerprint density at radius 3 is 2.84 bits per heavy atom. The van der Waals surface area contributed by atoms with Gasteiger partial charge in [-0.3, -0.25) is 5.10 Å². The van der Waals surface area contributed by atoms with Gasteiger partial charge in [-0.05, 0) is 49.4 Å². The molecule has 8 nitrogen and oxygen atoms in total. The van der Waals surface area contributed by atoms with E-state index in [-0.39, 0.29) is 12.1 Å². The van der Waals surface area contributed by atoms with Crippen LogP contribution in [-0.2, 0) is 16.1 Å². The van der Waals surface area contributed by atoms with Crippen LogP contribution in [0.5, 0.6) is 0 Å². The minimum atomic E-state index is -0.469. The molecule has 0 spiro atoms. The molecule has 1 aromatic heterocycles. The van der Waals surface area contributed by atoms with Crippen molar-refractivity contribution >= 4 is 11.7 Å². The summed E-state index contributed by atoms with van der Waals surface area (Å²) >= 11 is 0. The number of benzene rings is 2. The molecule has 0 aliphatic carbocycles. The zero-order valence-electron chi connectivity index (χ0n) is 18.2. The monoisotopic (exact) mass is 435 g/mol. The maximum atomic E-state index is 12.8. The van der Waals surface area contributed by atoms with Crippen LogP contribution in [0.1, 0.15) is 48.1 Å². The van der Waals surface area contributed by atoms with Crippen LogP contribution in [0.3, 0.4) is 0 Å². The normalized spacial score (nSPS) is 17.0. The van der Waals surface area contributed by atoms with E-state index in [1.165, 1.54) is 6.42 Å². The molecule has 32 heavy (non-hydrogen) atoms. The van der Waals surface area contributed by atoms with Gasteiger partial charge >= 0.3 is 6.03 Å². The summed E-state index contributed by atoms with van der Waals surface area (Å²) in [7, 11) is 0. The standard InChI is InChI=1S/C24H29N5O3/c1-17-25-23(29-28-17)22(19-9-3-2-4-10-19)27-24(30)26-20-11-7-8-18(14-20)15-31-16-21-12-5-6-13-32-21/h2-4,7-11,14,21-22H,5-6,12-13,15-16H2,1H3,(H,25,28,29)(H2,26,27,30). The lowest BCUT2D eigenvalue weighted by atomic mass is 10.1. The largest absolute Gasteiger partial charge is 0.376 e. The third-order valence-corrected chi connectivity index (χ3v) is 5.31. The molecule has 2 amide bonds. The van der Waals surface area contributed by atoms with E-state index in [1.54, 1.807) is 0 Å². The average Bonchev–Trinajstić information content (AvgIpc) is 3.25. The van der Waals surface area contributed by atoms with Gasteiger partial charge in [-0.15, -0.1) is 0 Å². The molecular formula is C24H29N5O3. The van der Waals surface area contributed by atoms with Crippen molar-refractivity contribution in [3.8, 4) is 0 Å². The average molecular weight is 436 g/mol. The van der Waals surface area contributed by atoms with Crippen molar-refractivity contribution in [1.29, 1.82) is 0 Å². The van der Waals surface area contributed by atoms with Crippen LogP contribution in [0.15, 0.2) is 54.6 Å². The first-order valence-corrected chi connectivity index (χ1v) is 11.0. The molecule has 168 valence electrons. The van der Waals surface area contributed by atoms with Crippen molar-refractivity contribution < 1.29 is 14.3 Å². The number of nitrogens with one attached hydrogen (secondary N) is 3. The van der Waals surface area contributed by atoms with Gasteiger partial charge in [-0.2, -0.15) is 5.10 Å². The first-order valence-electron chi connectivity index (χ1n) is 11.0. The highest BCUT2D eigenvalue weighted by Crippen LogP contribution is 2.20. The minimum Gasteiger partial charge on any atom is -0.376 e. The Kier molecular flexibility index (Phi) is 7.47. The molecule has 1 aliphatic rings. The number of hydrogen-bond donors (Lipinski definition) is 3. The fourth-order valence-electron chi connectivity index (χ4n) is 3.72. The number of H-pyrrole nitrogens is 1. The van der Waals surface area contributed by atoms with Gasteiger partial charge in [-0.1, -0.05) is 42.5 Å². The highest BCUT2D eigenvalue weighted by atomic mass is 16.5. The Morgan fingerprint density at radius 2 is 2.09 bits per heavy atom. The van der Waals surface area contributed by atoms with Crippen LogP contribution < -0.4 is 10.6 Å². The molecule has 4 rings (SSSR count). The second-order valence-electron chi connectivity index (χ2n) is 7.93. The van der Waals surface area contributed by atoms with Crippen LogP contribution in [0, 0.1) is 6.92 Å². The molecule has 1 aliphatic heterocycles. The van der Waals surface area contributed by atoms with Crippen molar-refractivity contribution in [2.45, 2.75) is 44.9 Å². The van der Waals surface area contributed by atoms with E-state index < -0.39 is 6.04 Å². The molecule has 1 fully saturated rings.